The van der Waals surface area contributed by atoms with E-state index in [2.05, 4.69) is 11.7 Å². The summed E-state index contributed by atoms with van der Waals surface area (Å²) in [5.41, 5.74) is 4.49. The summed E-state index contributed by atoms with van der Waals surface area (Å²) in [6, 6.07) is 0. The van der Waals surface area contributed by atoms with E-state index in [1.54, 1.807) is 0 Å². The average Bonchev–Trinajstić information content (AvgIpc) is 2.54. The molecule has 0 aromatic rings. The van der Waals surface area contributed by atoms with Crippen molar-refractivity contribution < 1.29 is 19.1 Å². The van der Waals surface area contributed by atoms with E-state index in [1.807, 2.05) is 0 Å². The van der Waals surface area contributed by atoms with Gasteiger partial charge in [-0.1, -0.05) is 38.5 Å². The number of rotatable bonds is 5. The van der Waals surface area contributed by atoms with Crippen molar-refractivity contribution in [3.05, 3.63) is 0 Å². The summed E-state index contributed by atoms with van der Waals surface area (Å²) in [5, 5.41) is 0. The highest BCUT2D eigenvalue weighted by Gasteiger charge is 2.45. The number of ether oxygens (including phenoxy) is 2. The van der Waals surface area contributed by atoms with Crippen molar-refractivity contribution in [2.75, 3.05) is 6.61 Å². The molecule has 2 rings (SSSR count). The zero-order valence-electron chi connectivity index (χ0n) is 13.6. The van der Waals surface area contributed by atoms with E-state index in [-0.39, 0.29) is 6.61 Å². The maximum absolute atomic E-state index is 12.1. The number of hydrogen-bond acceptors (Lipinski definition) is 4. The Labute approximate surface area is 132 Å². The number of carbonyl (C=O) groups excluding carboxylic acids is 2. The lowest BCUT2D eigenvalue weighted by molar-refractivity contribution is -0.179. The Morgan fingerprint density at radius 3 is 1.82 bits per heavy atom. The van der Waals surface area contributed by atoms with Crippen molar-refractivity contribution >= 4 is 12.1 Å². The Hall–Kier alpha value is -1.26. The van der Waals surface area contributed by atoms with Gasteiger partial charge in [-0.3, -0.25) is 0 Å². The molecule has 0 aromatic heterocycles. The zero-order valence-corrected chi connectivity index (χ0v) is 13.6. The van der Waals surface area contributed by atoms with E-state index in [0.717, 1.165) is 25.7 Å². The molecule has 0 aromatic carbocycles. The van der Waals surface area contributed by atoms with Gasteiger partial charge in [0.2, 0.25) is 0 Å². The second kappa shape index (κ2) is 7.84. The van der Waals surface area contributed by atoms with Crippen LogP contribution in [-0.2, 0) is 14.3 Å². The van der Waals surface area contributed by atoms with Crippen LogP contribution in [-0.4, -0.2) is 24.3 Å². The first-order chi connectivity index (χ1) is 10.5. The van der Waals surface area contributed by atoms with Crippen LogP contribution in [0.25, 0.3) is 0 Å². The number of esters is 1. The summed E-state index contributed by atoms with van der Waals surface area (Å²) < 4.78 is 10.5. The van der Waals surface area contributed by atoms with Crippen LogP contribution >= 0.6 is 0 Å². The van der Waals surface area contributed by atoms with Gasteiger partial charge in [0.25, 0.3) is 0 Å². The molecule has 0 saturated heterocycles. The van der Waals surface area contributed by atoms with Crippen LogP contribution in [0.15, 0.2) is 0 Å². The third-order valence-electron chi connectivity index (χ3n) is 5.50. The third kappa shape index (κ3) is 4.37. The molecule has 0 radical (unpaired) electrons. The molecule has 2 N–H and O–H groups in total. The van der Waals surface area contributed by atoms with Gasteiger partial charge >= 0.3 is 12.1 Å². The molecule has 2 saturated carbocycles. The largest absolute Gasteiger partial charge is 0.456 e. The van der Waals surface area contributed by atoms with Crippen molar-refractivity contribution in [3.8, 4) is 0 Å². The molecular weight excluding hydrogens is 282 g/mol. The van der Waals surface area contributed by atoms with Crippen molar-refractivity contribution in [3.63, 3.8) is 0 Å². The van der Waals surface area contributed by atoms with E-state index in [9.17, 15) is 9.59 Å². The van der Waals surface area contributed by atoms with Crippen LogP contribution in [0.1, 0.15) is 71.1 Å². The topological polar surface area (TPSA) is 78.6 Å². The molecule has 0 bridgehead atoms. The molecule has 22 heavy (non-hydrogen) atoms. The first-order valence-electron chi connectivity index (χ1n) is 8.66. The highest BCUT2D eigenvalue weighted by molar-refractivity contribution is 5.75. The fraction of sp³-hybridized carbons (Fsp3) is 0.882. The summed E-state index contributed by atoms with van der Waals surface area (Å²) in [7, 11) is 0. The molecular formula is C17H29NO4. The maximum Gasteiger partial charge on any atom is 0.405 e. The molecule has 2 aliphatic carbocycles. The summed E-state index contributed by atoms with van der Waals surface area (Å²) in [6.45, 7) is 1.71. The normalized spacial score (nSPS) is 21.3. The molecule has 1 amide bonds. The van der Waals surface area contributed by atoms with Crippen LogP contribution in [0.5, 0.6) is 0 Å². The highest BCUT2D eigenvalue weighted by Crippen LogP contribution is 2.45. The molecule has 0 aliphatic heterocycles. The van der Waals surface area contributed by atoms with Gasteiger partial charge in [0.05, 0.1) is 0 Å². The zero-order chi connectivity index (χ0) is 16.0. The molecule has 5 nitrogen and oxygen atoms in total. The fourth-order valence-corrected chi connectivity index (χ4v) is 4.26. The molecule has 2 aliphatic rings. The van der Waals surface area contributed by atoms with Gasteiger partial charge in [-0.25, -0.2) is 9.59 Å². The Morgan fingerprint density at radius 2 is 1.41 bits per heavy atom. The Balaban J connectivity index is 2.05. The van der Waals surface area contributed by atoms with E-state index in [0.29, 0.717) is 11.8 Å². The first kappa shape index (κ1) is 17.1. The molecule has 0 atom stereocenters. The summed E-state index contributed by atoms with van der Waals surface area (Å²) in [4.78, 5) is 22.8. The summed E-state index contributed by atoms with van der Waals surface area (Å²) in [6.07, 6.45) is 10.9. The molecule has 5 heteroatoms. The van der Waals surface area contributed by atoms with Gasteiger partial charge in [0.1, 0.15) is 5.60 Å². The summed E-state index contributed by atoms with van der Waals surface area (Å²) >= 11 is 0. The Kier molecular flexibility index (Phi) is 6.09. The number of amides is 1. The van der Waals surface area contributed by atoms with Crippen LogP contribution in [0.2, 0.25) is 0 Å². The first-order valence-corrected chi connectivity index (χ1v) is 8.66. The van der Waals surface area contributed by atoms with Gasteiger partial charge in [-0.05, 0) is 44.4 Å². The molecule has 126 valence electrons. The molecule has 0 spiro atoms. The third-order valence-corrected chi connectivity index (χ3v) is 5.50. The van der Waals surface area contributed by atoms with Crippen LogP contribution in [0.4, 0.5) is 4.79 Å². The number of hydrogen-bond donors (Lipinski definition) is 1. The van der Waals surface area contributed by atoms with Gasteiger partial charge in [-0.15, -0.1) is 0 Å². The van der Waals surface area contributed by atoms with Crippen molar-refractivity contribution in [2.45, 2.75) is 76.7 Å². The second-order valence-electron chi connectivity index (χ2n) is 6.94. The SMILES string of the molecule is CC(OC(=O)COC(N)=O)(C1CCCCC1)C1CCCCC1. The number of carbonyl (C=O) groups is 2. The summed E-state index contributed by atoms with van der Waals surface area (Å²) in [5.74, 6) is 0.362. The molecule has 0 unspecified atom stereocenters. The highest BCUT2D eigenvalue weighted by atomic mass is 16.6. The molecule has 2 fully saturated rings. The van der Waals surface area contributed by atoms with Crippen LogP contribution in [0, 0.1) is 11.8 Å². The minimum atomic E-state index is -0.936. The lowest BCUT2D eigenvalue weighted by Gasteiger charge is -2.46. The predicted octanol–water partition coefficient (Wildman–Crippen LogP) is 3.54. The fourth-order valence-electron chi connectivity index (χ4n) is 4.26. The molecule has 0 heterocycles. The lowest BCUT2D eigenvalue weighted by Crippen LogP contribution is -2.48. The van der Waals surface area contributed by atoms with Crippen LogP contribution in [0.3, 0.4) is 0 Å². The minimum Gasteiger partial charge on any atom is -0.456 e. The lowest BCUT2D eigenvalue weighted by atomic mass is 9.67. The van der Waals surface area contributed by atoms with Gasteiger partial charge < -0.3 is 15.2 Å². The van der Waals surface area contributed by atoms with E-state index < -0.39 is 17.7 Å². The second-order valence-corrected chi connectivity index (χ2v) is 6.94. The number of primary amides is 1. The quantitative estimate of drug-likeness (QED) is 0.788. The Morgan fingerprint density at radius 1 is 0.955 bits per heavy atom. The Bertz CT molecular complexity index is 366. The van der Waals surface area contributed by atoms with E-state index in [1.165, 1.54) is 38.5 Å². The standard InChI is InChI=1S/C17H29NO4/c1-17(13-8-4-2-5-9-13,14-10-6-3-7-11-14)22-15(19)12-21-16(18)20/h13-14H,2-12H2,1H3,(H2,18,20). The maximum atomic E-state index is 12.1. The smallest absolute Gasteiger partial charge is 0.405 e. The van der Waals surface area contributed by atoms with Crippen molar-refractivity contribution in [2.24, 2.45) is 17.6 Å². The monoisotopic (exact) mass is 311 g/mol. The van der Waals surface area contributed by atoms with E-state index in [4.69, 9.17) is 10.5 Å². The average molecular weight is 311 g/mol. The van der Waals surface area contributed by atoms with E-state index >= 15 is 0 Å². The predicted molar refractivity (Wildman–Crippen MR) is 83.2 cm³/mol. The van der Waals surface area contributed by atoms with Gasteiger partial charge in [-0.2, -0.15) is 0 Å². The van der Waals surface area contributed by atoms with Crippen molar-refractivity contribution in [1.29, 1.82) is 0 Å². The van der Waals surface area contributed by atoms with Gasteiger partial charge in [0, 0.05) is 0 Å². The number of nitrogens with two attached hydrogens (primary N) is 1. The van der Waals surface area contributed by atoms with Crippen LogP contribution < -0.4 is 5.73 Å². The van der Waals surface area contributed by atoms with Crippen molar-refractivity contribution in [1.82, 2.24) is 0 Å². The van der Waals surface area contributed by atoms with Gasteiger partial charge in [0.15, 0.2) is 6.61 Å². The minimum absolute atomic E-state index is 0.385.